The molecular formula is C9H11BrClNO. The summed E-state index contributed by atoms with van der Waals surface area (Å²) in [6.07, 6.45) is 0. The molecule has 0 bridgehead atoms. The van der Waals surface area contributed by atoms with Crippen LogP contribution in [0.5, 0.6) is 0 Å². The molecule has 13 heavy (non-hydrogen) atoms. The molecule has 0 saturated heterocycles. The number of benzene rings is 1. The molecular weight excluding hydrogens is 253 g/mol. The van der Waals surface area contributed by atoms with Gasteiger partial charge in [0.25, 0.3) is 0 Å². The highest BCUT2D eigenvalue weighted by Gasteiger charge is 2.08. The van der Waals surface area contributed by atoms with Gasteiger partial charge in [-0.1, -0.05) is 17.7 Å². The van der Waals surface area contributed by atoms with Gasteiger partial charge in [0, 0.05) is 4.47 Å². The van der Waals surface area contributed by atoms with Crippen molar-refractivity contribution in [2.24, 2.45) is 0 Å². The van der Waals surface area contributed by atoms with Gasteiger partial charge in [-0.25, -0.2) is 0 Å². The molecule has 1 unspecified atom stereocenters. The van der Waals surface area contributed by atoms with E-state index in [4.69, 9.17) is 16.7 Å². The zero-order valence-corrected chi connectivity index (χ0v) is 9.56. The number of hydrogen-bond acceptors (Lipinski definition) is 2. The molecule has 1 aromatic carbocycles. The van der Waals surface area contributed by atoms with Crippen LogP contribution in [-0.2, 0) is 0 Å². The van der Waals surface area contributed by atoms with Gasteiger partial charge in [0.15, 0.2) is 0 Å². The van der Waals surface area contributed by atoms with Crippen LogP contribution in [0.2, 0.25) is 5.02 Å². The van der Waals surface area contributed by atoms with Gasteiger partial charge in [-0.15, -0.1) is 0 Å². The molecule has 1 atom stereocenters. The summed E-state index contributed by atoms with van der Waals surface area (Å²) < 4.78 is 0.848. The van der Waals surface area contributed by atoms with E-state index in [1.54, 1.807) is 6.07 Å². The molecule has 72 valence electrons. The molecule has 0 fully saturated rings. The average molecular weight is 265 g/mol. The molecule has 0 spiro atoms. The molecule has 0 radical (unpaired) electrons. The largest absolute Gasteiger partial charge is 0.394 e. The van der Waals surface area contributed by atoms with E-state index in [9.17, 15) is 0 Å². The van der Waals surface area contributed by atoms with E-state index in [2.05, 4.69) is 21.2 Å². The Balaban J connectivity index is 2.95. The summed E-state index contributed by atoms with van der Waals surface area (Å²) in [6, 6.07) is 5.57. The molecule has 1 rings (SSSR count). The Bertz CT molecular complexity index is 289. The smallest absolute Gasteiger partial charge is 0.0626 e. The van der Waals surface area contributed by atoms with Gasteiger partial charge in [-0.3, -0.25) is 0 Å². The number of likely N-dealkylation sites (N-methyl/N-ethyl adjacent to an activating group) is 1. The molecule has 4 heteroatoms. The van der Waals surface area contributed by atoms with Gasteiger partial charge in [0.2, 0.25) is 0 Å². The van der Waals surface area contributed by atoms with E-state index in [0.717, 1.165) is 10.0 Å². The van der Waals surface area contributed by atoms with Crippen molar-refractivity contribution >= 4 is 27.5 Å². The van der Waals surface area contributed by atoms with Gasteiger partial charge in [0.1, 0.15) is 0 Å². The van der Waals surface area contributed by atoms with Crippen LogP contribution in [-0.4, -0.2) is 18.8 Å². The maximum absolute atomic E-state index is 9.03. The van der Waals surface area contributed by atoms with Gasteiger partial charge >= 0.3 is 0 Å². The number of aliphatic hydroxyl groups is 1. The maximum atomic E-state index is 9.03. The van der Waals surface area contributed by atoms with Crippen LogP contribution < -0.4 is 5.32 Å². The van der Waals surface area contributed by atoms with Crippen LogP contribution in [0.15, 0.2) is 22.7 Å². The minimum Gasteiger partial charge on any atom is -0.394 e. The van der Waals surface area contributed by atoms with E-state index in [0.29, 0.717) is 5.02 Å². The zero-order chi connectivity index (χ0) is 9.84. The molecule has 0 heterocycles. The van der Waals surface area contributed by atoms with Crippen LogP contribution in [0.25, 0.3) is 0 Å². The van der Waals surface area contributed by atoms with E-state index in [-0.39, 0.29) is 12.6 Å². The van der Waals surface area contributed by atoms with Gasteiger partial charge in [0.05, 0.1) is 17.7 Å². The fraction of sp³-hybridized carbons (Fsp3) is 0.333. The first-order chi connectivity index (χ1) is 6.19. The molecule has 0 aliphatic carbocycles. The predicted octanol–water partition coefficient (Wildman–Crippen LogP) is 2.36. The number of aliphatic hydroxyl groups excluding tert-OH is 1. The van der Waals surface area contributed by atoms with Crippen molar-refractivity contribution in [3.05, 3.63) is 33.3 Å². The average Bonchev–Trinajstić information content (AvgIpc) is 2.13. The summed E-state index contributed by atoms with van der Waals surface area (Å²) in [7, 11) is 1.81. The van der Waals surface area contributed by atoms with Crippen molar-refractivity contribution in [3.63, 3.8) is 0 Å². The topological polar surface area (TPSA) is 32.3 Å². The number of hydrogen-bond donors (Lipinski definition) is 2. The van der Waals surface area contributed by atoms with Crippen molar-refractivity contribution in [1.82, 2.24) is 5.32 Å². The summed E-state index contributed by atoms with van der Waals surface area (Å²) in [6.45, 7) is 0.0740. The second-order valence-corrected chi connectivity index (χ2v) is 3.96. The molecule has 0 aromatic heterocycles. The van der Waals surface area contributed by atoms with Crippen LogP contribution in [0.4, 0.5) is 0 Å². The quantitative estimate of drug-likeness (QED) is 0.878. The van der Waals surface area contributed by atoms with Gasteiger partial charge < -0.3 is 10.4 Å². The summed E-state index contributed by atoms with van der Waals surface area (Å²) in [5.41, 5.74) is 1.02. The Kier molecular flexibility index (Phi) is 4.19. The van der Waals surface area contributed by atoms with E-state index < -0.39 is 0 Å². The van der Waals surface area contributed by atoms with Crippen LogP contribution in [0, 0.1) is 0 Å². The maximum Gasteiger partial charge on any atom is 0.0626 e. The predicted molar refractivity (Wildman–Crippen MR) is 58.0 cm³/mol. The first-order valence-corrected chi connectivity index (χ1v) is 5.09. The normalized spacial score (nSPS) is 12.9. The third-order valence-corrected chi connectivity index (χ3v) is 3.09. The van der Waals surface area contributed by atoms with Crippen molar-refractivity contribution < 1.29 is 5.11 Å². The Morgan fingerprint density at radius 3 is 2.77 bits per heavy atom. The Morgan fingerprint density at radius 1 is 1.62 bits per heavy atom. The van der Waals surface area contributed by atoms with Crippen molar-refractivity contribution in [2.75, 3.05) is 13.7 Å². The molecule has 0 aliphatic heterocycles. The second kappa shape index (κ2) is 4.96. The van der Waals surface area contributed by atoms with Crippen molar-refractivity contribution in [1.29, 1.82) is 0 Å². The molecule has 1 aromatic rings. The van der Waals surface area contributed by atoms with Crippen LogP contribution >= 0.6 is 27.5 Å². The van der Waals surface area contributed by atoms with Gasteiger partial charge in [-0.05, 0) is 40.7 Å². The molecule has 0 saturated carbocycles. The number of nitrogens with one attached hydrogen (secondary N) is 1. The third kappa shape index (κ3) is 2.68. The summed E-state index contributed by atoms with van der Waals surface area (Å²) in [5, 5.41) is 12.7. The molecule has 2 N–H and O–H groups in total. The lowest BCUT2D eigenvalue weighted by molar-refractivity contribution is 0.251. The highest BCUT2D eigenvalue weighted by molar-refractivity contribution is 9.10. The SMILES string of the molecule is CNC(CO)c1ccc(Cl)c(Br)c1. The fourth-order valence-corrected chi connectivity index (χ4v) is 1.61. The number of rotatable bonds is 3. The van der Waals surface area contributed by atoms with Crippen LogP contribution in [0.1, 0.15) is 11.6 Å². The third-order valence-electron chi connectivity index (χ3n) is 1.88. The van der Waals surface area contributed by atoms with Crippen molar-refractivity contribution in [3.8, 4) is 0 Å². The molecule has 2 nitrogen and oxygen atoms in total. The van der Waals surface area contributed by atoms with Crippen LogP contribution in [0.3, 0.4) is 0 Å². The lowest BCUT2D eigenvalue weighted by Crippen LogP contribution is -2.19. The lowest BCUT2D eigenvalue weighted by Gasteiger charge is -2.13. The van der Waals surface area contributed by atoms with E-state index in [1.807, 2.05) is 19.2 Å². The highest BCUT2D eigenvalue weighted by Crippen LogP contribution is 2.25. The summed E-state index contributed by atoms with van der Waals surface area (Å²) in [5.74, 6) is 0. The fourth-order valence-electron chi connectivity index (χ4n) is 1.09. The standard InChI is InChI=1S/C9H11BrClNO/c1-12-9(5-13)6-2-3-8(11)7(10)4-6/h2-4,9,12-13H,5H2,1H3. The Morgan fingerprint density at radius 2 is 2.31 bits per heavy atom. The summed E-state index contributed by atoms with van der Waals surface area (Å²) in [4.78, 5) is 0. The second-order valence-electron chi connectivity index (χ2n) is 2.70. The minimum absolute atomic E-state index is 0.0337. The first-order valence-electron chi connectivity index (χ1n) is 3.92. The van der Waals surface area contributed by atoms with Crippen molar-refractivity contribution in [2.45, 2.75) is 6.04 Å². The number of halogens is 2. The Labute approximate surface area is 91.0 Å². The molecule has 0 amide bonds. The minimum atomic E-state index is -0.0337. The first kappa shape index (κ1) is 11.0. The van der Waals surface area contributed by atoms with E-state index >= 15 is 0 Å². The van der Waals surface area contributed by atoms with E-state index in [1.165, 1.54) is 0 Å². The Hall–Kier alpha value is -0.0900. The highest BCUT2D eigenvalue weighted by atomic mass is 79.9. The zero-order valence-electron chi connectivity index (χ0n) is 7.22. The van der Waals surface area contributed by atoms with Gasteiger partial charge in [-0.2, -0.15) is 0 Å². The summed E-state index contributed by atoms with van der Waals surface area (Å²) >= 11 is 9.17. The molecule has 0 aliphatic rings. The lowest BCUT2D eigenvalue weighted by atomic mass is 10.1. The monoisotopic (exact) mass is 263 g/mol.